The zero-order chi connectivity index (χ0) is 19.3. The molecule has 9 heteroatoms. The molecule has 1 heterocycles. The minimum absolute atomic E-state index is 0.0563. The van der Waals surface area contributed by atoms with E-state index in [0.29, 0.717) is 5.56 Å². The first-order valence-electron chi connectivity index (χ1n) is 7.86. The van der Waals surface area contributed by atoms with Crippen molar-refractivity contribution in [2.45, 2.75) is 31.0 Å². The molecule has 6 N–H and O–H groups in total. The minimum Gasteiger partial charge on any atom is -0.504 e. The van der Waals surface area contributed by atoms with E-state index in [0.717, 1.165) is 12.8 Å². The maximum atomic E-state index is 10.4. The van der Waals surface area contributed by atoms with Crippen LogP contribution in [0.5, 0.6) is 11.5 Å². The van der Waals surface area contributed by atoms with E-state index in [1.165, 1.54) is 17.7 Å². The molecular weight excluding hydrogens is 362 g/mol. The molecule has 0 aliphatic carbocycles. The van der Waals surface area contributed by atoms with Gasteiger partial charge in [0.05, 0.1) is 6.10 Å². The summed E-state index contributed by atoms with van der Waals surface area (Å²) in [7, 11) is -4.67. The Morgan fingerprint density at radius 2 is 1.58 bits per heavy atom. The van der Waals surface area contributed by atoms with Crippen LogP contribution in [-0.4, -0.2) is 38.9 Å². The first-order chi connectivity index (χ1) is 12.1. The van der Waals surface area contributed by atoms with Gasteiger partial charge in [0.25, 0.3) is 0 Å². The number of nitrogens with one attached hydrogen (secondary N) is 1. The fourth-order valence-electron chi connectivity index (χ4n) is 2.93. The summed E-state index contributed by atoms with van der Waals surface area (Å²) in [5, 5.41) is 32.8. The highest BCUT2D eigenvalue weighted by molar-refractivity contribution is 7.79. The average Bonchev–Trinajstić information content (AvgIpc) is 3.06. The third kappa shape index (κ3) is 5.97. The molecule has 1 fully saturated rings. The van der Waals surface area contributed by atoms with Crippen molar-refractivity contribution in [3.8, 4) is 11.5 Å². The van der Waals surface area contributed by atoms with Gasteiger partial charge in [-0.15, -0.1) is 0 Å². The Labute approximate surface area is 151 Å². The number of aliphatic hydroxyl groups is 1. The Hall–Kier alpha value is -2.17. The topological polar surface area (TPSA) is 147 Å². The predicted molar refractivity (Wildman–Crippen MR) is 94.2 cm³/mol. The summed E-state index contributed by atoms with van der Waals surface area (Å²) in [5.41, 5.74) is 1.83. The van der Waals surface area contributed by atoms with Crippen molar-refractivity contribution < 1.29 is 32.8 Å². The normalized spacial score (nSPS) is 20.9. The molecule has 0 amide bonds. The highest BCUT2D eigenvalue weighted by atomic mass is 32.3. The minimum atomic E-state index is -4.67. The Morgan fingerprint density at radius 1 is 0.962 bits per heavy atom. The molecule has 1 aliphatic heterocycles. The summed E-state index contributed by atoms with van der Waals surface area (Å²) >= 11 is 0. The quantitative estimate of drug-likeness (QED) is 0.348. The fraction of sp³-hybridized carbons (Fsp3) is 0.294. The van der Waals surface area contributed by atoms with Crippen molar-refractivity contribution in [3.63, 3.8) is 0 Å². The second kappa shape index (κ2) is 8.47. The van der Waals surface area contributed by atoms with E-state index in [-0.39, 0.29) is 23.6 Å². The zero-order valence-corrected chi connectivity index (χ0v) is 14.5. The molecule has 8 nitrogen and oxygen atoms in total. The van der Waals surface area contributed by atoms with Gasteiger partial charge in [0.2, 0.25) is 0 Å². The molecule has 0 spiro atoms. The van der Waals surface area contributed by atoms with E-state index in [9.17, 15) is 15.3 Å². The molecule has 142 valence electrons. The van der Waals surface area contributed by atoms with Crippen LogP contribution in [0.3, 0.4) is 0 Å². The van der Waals surface area contributed by atoms with Crippen molar-refractivity contribution in [3.05, 3.63) is 59.7 Å². The molecule has 0 aromatic heterocycles. The largest absolute Gasteiger partial charge is 0.504 e. The molecule has 0 radical (unpaired) electrons. The maximum Gasteiger partial charge on any atom is 0.394 e. The van der Waals surface area contributed by atoms with Crippen LogP contribution in [0.15, 0.2) is 48.5 Å². The molecule has 3 unspecified atom stereocenters. The molecule has 3 rings (SSSR count). The molecule has 1 aliphatic rings. The average molecular weight is 383 g/mol. The third-order valence-corrected chi connectivity index (χ3v) is 4.11. The van der Waals surface area contributed by atoms with Gasteiger partial charge in [0.15, 0.2) is 11.5 Å². The SMILES string of the molecule is O=S(=O)(O)O.Oc1ccc(C(O)C2CCC(c3ccccc3)N2)cc1O. The van der Waals surface area contributed by atoms with Crippen LogP contribution in [0, 0.1) is 0 Å². The lowest BCUT2D eigenvalue weighted by Gasteiger charge is -2.21. The van der Waals surface area contributed by atoms with Gasteiger partial charge >= 0.3 is 10.4 Å². The van der Waals surface area contributed by atoms with Crippen molar-refractivity contribution >= 4 is 10.4 Å². The van der Waals surface area contributed by atoms with Crippen molar-refractivity contribution in [1.29, 1.82) is 0 Å². The van der Waals surface area contributed by atoms with E-state index >= 15 is 0 Å². The van der Waals surface area contributed by atoms with Gasteiger partial charge in [-0.05, 0) is 36.1 Å². The van der Waals surface area contributed by atoms with E-state index < -0.39 is 16.5 Å². The Bertz CT molecular complexity index is 818. The Kier molecular flexibility index (Phi) is 6.57. The first-order valence-corrected chi connectivity index (χ1v) is 9.25. The summed E-state index contributed by atoms with van der Waals surface area (Å²) < 4.78 is 31.6. The van der Waals surface area contributed by atoms with Crippen LogP contribution in [0.4, 0.5) is 0 Å². The molecule has 0 saturated carbocycles. The summed E-state index contributed by atoms with van der Waals surface area (Å²) in [6, 6.07) is 14.8. The highest BCUT2D eigenvalue weighted by Gasteiger charge is 2.30. The molecule has 2 aromatic carbocycles. The number of rotatable bonds is 3. The molecule has 0 bridgehead atoms. The predicted octanol–water partition coefficient (Wildman–Crippen LogP) is 1.97. The number of hydrogen-bond donors (Lipinski definition) is 6. The number of aliphatic hydroxyl groups excluding tert-OH is 1. The highest BCUT2D eigenvalue weighted by Crippen LogP contribution is 2.34. The number of aromatic hydroxyl groups is 2. The summed E-state index contributed by atoms with van der Waals surface area (Å²) in [5.74, 6) is -0.378. The standard InChI is InChI=1S/C17H19NO3.H2O4S/c19-15-9-6-12(10-16(15)20)17(21)14-8-7-13(18-14)11-4-2-1-3-5-11;1-5(2,3)4/h1-6,9-10,13-14,17-21H,7-8H2;(H2,1,2,3,4). The van der Waals surface area contributed by atoms with E-state index in [2.05, 4.69) is 17.4 Å². The van der Waals surface area contributed by atoms with Crippen LogP contribution in [0.2, 0.25) is 0 Å². The van der Waals surface area contributed by atoms with Crippen LogP contribution >= 0.6 is 0 Å². The number of benzene rings is 2. The second-order valence-corrected chi connectivity index (χ2v) is 6.85. The van der Waals surface area contributed by atoms with Crippen LogP contribution in [0.1, 0.15) is 36.1 Å². The van der Waals surface area contributed by atoms with Crippen molar-refractivity contribution in [2.75, 3.05) is 0 Å². The van der Waals surface area contributed by atoms with Gasteiger partial charge in [-0.2, -0.15) is 8.42 Å². The number of phenols is 2. The summed E-state index contributed by atoms with van der Waals surface area (Å²) in [6.07, 6.45) is 1.13. The lowest BCUT2D eigenvalue weighted by Crippen LogP contribution is -2.30. The lowest BCUT2D eigenvalue weighted by atomic mass is 10.0. The molecule has 1 saturated heterocycles. The first kappa shape index (κ1) is 20.1. The van der Waals surface area contributed by atoms with Gasteiger partial charge in [-0.1, -0.05) is 36.4 Å². The lowest BCUT2D eigenvalue weighted by molar-refractivity contribution is 0.135. The molecular formula is C17H21NO7S. The van der Waals surface area contributed by atoms with Gasteiger partial charge in [0.1, 0.15) is 0 Å². The number of hydrogen-bond acceptors (Lipinski definition) is 6. The molecule has 2 aromatic rings. The molecule has 26 heavy (non-hydrogen) atoms. The molecule has 3 atom stereocenters. The van der Waals surface area contributed by atoms with Gasteiger partial charge in [0, 0.05) is 12.1 Å². The smallest absolute Gasteiger partial charge is 0.394 e. The van der Waals surface area contributed by atoms with Gasteiger partial charge in [-0.25, -0.2) is 0 Å². The van der Waals surface area contributed by atoms with E-state index in [1.807, 2.05) is 18.2 Å². The Morgan fingerprint density at radius 3 is 2.15 bits per heavy atom. The van der Waals surface area contributed by atoms with Crippen LogP contribution < -0.4 is 5.32 Å². The van der Waals surface area contributed by atoms with Crippen LogP contribution in [0.25, 0.3) is 0 Å². The van der Waals surface area contributed by atoms with Crippen molar-refractivity contribution in [1.82, 2.24) is 5.32 Å². The maximum absolute atomic E-state index is 10.4. The monoisotopic (exact) mass is 383 g/mol. The van der Waals surface area contributed by atoms with E-state index in [4.69, 9.17) is 17.5 Å². The van der Waals surface area contributed by atoms with Crippen LogP contribution in [-0.2, 0) is 10.4 Å². The zero-order valence-electron chi connectivity index (χ0n) is 13.7. The van der Waals surface area contributed by atoms with E-state index in [1.54, 1.807) is 6.07 Å². The number of phenolic OH excluding ortho intramolecular Hbond substituents is 2. The van der Waals surface area contributed by atoms with Gasteiger partial charge in [-0.3, -0.25) is 9.11 Å². The third-order valence-electron chi connectivity index (χ3n) is 4.11. The Balaban J connectivity index is 0.000000431. The van der Waals surface area contributed by atoms with Gasteiger partial charge < -0.3 is 20.6 Å². The summed E-state index contributed by atoms with van der Waals surface area (Å²) in [6.45, 7) is 0. The second-order valence-electron chi connectivity index (χ2n) is 5.95. The fourth-order valence-corrected chi connectivity index (χ4v) is 2.93. The summed E-state index contributed by atoms with van der Waals surface area (Å²) in [4.78, 5) is 0. The van der Waals surface area contributed by atoms with Crippen molar-refractivity contribution in [2.24, 2.45) is 0 Å².